The van der Waals surface area contributed by atoms with Gasteiger partial charge in [0.05, 0.1) is 6.42 Å². The van der Waals surface area contributed by atoms with E-state index in [1.54, 1.807) is 5.41 Å². The van der Waals surface area contributed by atoms with Crippen LogP contribution < -0.4 is 29.3 Å². The predicted molar refractivity (Wildman–Crippen MR) is 140 cm³/mol. The van der Waals surface area contributed by atoms with Crippen LogP contribution in [0.25, 0.3) is 0 Å². The van der Waals surface area contributed by atoms with E-state index in [2.05, 4.69) is 5.32 Å². The number of esters is 1. The van der Waals surface area contributed by atoms with Crippen molar-refractivity contribution in [1.82, 2.24) is 10.2 Å². The Morgan fingerprint density at radius 1 is 1.03 bits per heavy atom. The van der Waals surface area contributed by atoms with E-state index in [1.807, 2.05) is 78.2 Å². The van der Waals surface area contributed by atoms with Gasteiger partial charge in [-0.05, 0) is 33.6 Å². The van der Waals surface area contributed by atoms with Gasteiger partial charge in [-0.3, -0.25) is 9.59 Å². The Hall–Kier alpha value is -2.80. The Morgan fingerprint density at radius 2 is 1.66 bits per heavy atom. The maximum atomic E-state index is 13.7. The number of rotatable bonds is 8. The topological polar surface area (TPSA) is 98.8 Å². The van der Waals surface area contributed by atoms with Crippen molar-refractivity contribution in [3.8, 4) is 0 Å². The van der Waals surface area contributed by atoms with Gasteiger partial charge in [0.1, 0.15) is 11.4 Å². The van der Waals surface area contributed by atoms with Crippen LogP contribution >= 0.6 is 23.1 Å². The van der Waals surface area contributed by atoms with Crippen LogP contribution in [0.15, 0.2) is 89.2 Å². The zero-order valence-corrected chi connectivity index (χ0v) is 22.6. The standard InChI is InChI=1S/C28H25N2O5S2.Li/c1-17(31)21-16-37-27-23(29-22(32)15-20-13-8-14-36-20)26(33)30(27)24(21)28(34)35-25(18-9-4-2-5-10-18)19-11-6-3-7-12-19;/h2-14,16-17,23-25,27H,15H2,1H3,(H,29,32);/q-1;+1/t17?,23-,24?,27+;/m1./s1. The number of benzene rings is 2. The van der Waals surface area contributed by atoms with Crippen molar-refractivity contribution in [2.45, 2.75) is 43.0 Å². The number of carbonyl (C=O) groups excluding carboxylic acids is 3. The van der Waals surface area contributed by atoms with E-state index in [4.69, 9.17) is 4.74 Å². The van der Waals surface area contributed by atoms with Crippen molar-refractivity contribution in [2.24, 2.45) is 0 Å². The molecule has 0 bridgehead atoms. The first-order valence-electron chi connectivity index (χ1n) is 11.9. The molecule has 0 aliphatic carbocycles. The molecule has 1 fully saturated rings. The molecule has 0 spiro atoms. The van der Waals surface area contributed by atoms with Gasteiger partial charge < -0.3 is 20.1 Å². The molecule has 190 valence electrons. The second-order valence-corrected chi connectivity index (χ2v) is 10.9. The van der Waals surface area contributed by atoms with Crippen molar-refractivity contribution in [1.29, 1.82) is 0 Å². The quantitative estimate of drug-likeness (QED) is 0.246. The second-order valence-electron chi connectivity index (χ2n) is 8.87. The first-order chi connectivity index (χ1) is 17.9. The third kappa shape index (κ3) is 5.77. The number of thioether (sulfide) groups is 1. The number of hydrogen-bond donors (Lipinski definition) is 1. The monoisotopic (exact) mass is 540 g/mol. The van der Waals surface area contributed by atoms with Gasteiger partial charge in [-0.25, -0.2) is 4.79 Å². The van der Waals surface area contributed by atoms with Crippen LogP contribution in [-0.4, -0.2) is 46.2 Å². The Balaban J connectivity index is 0.00000336. The van der Waals surface area contributed by atoms with Gasteiger partial charge in [-0.15, -0.1) is 29.2 Å². The first-order valence-corrected chi connectivity index (χ1v) is 13.7. The molecule has 3 heterocycles. The second kappa shape index (κ2) is 12.4. The number of ether oxygens (including phenoxy) is 1. The number of thiophene rings is 1. The number of nitrogens with zero attached hydrogens (tertiary/aromatic N) is 1. The fourth-order valence-electron chi connectivity index (χ4n) is 4.54. The molecule has 7 nitrogen and oxygen atoms in total. The fourth-order valence-corrected chi connectivity index (χ4v) is 6.56. The summed E-state index contributed by atoms with van der Waals surface area (Å²) < 4.78 is 6.02. The average Bonchev–Trinajstić information content (AvgIpc) is 3.43. The van der Waals surface area contributed by atoms with Gasteiger partial charge >= 0.3 is 24.8 Å². The molecule has 0 radical (unpaired) electrons. The molecule has 2 amide bonds. The number of carbonyl (C=O) groups is 3. The Morgan fingerprint density at radius 3 is 2.21 bits per heavy atom. The van der Waals surface area contributed by atoms with Crippen LogP contribution in [0.2, 0.25) is 0 Å². The molecule has 4 atom stereocenters. The molecule has 1 saturated heterocycles. The molecule has 38 heavy (non-hydrogen) atoms. The molecule has 0 saturated carbocycles. The third-order valence-electron chi connectivity index (χ3n) is 6.38. The van der Waals surface area contributed by atoms with E-state index in [0.717, 1.165) is 16.0 Å². The van der Waals surface area contributed by atoms with Gasteiger partial charge in [-0.1, -0.05) is 73.7 Å². The summed E-state index contributed by atoms with van der Waals surface area (Å²) in [6.45, 7) is 1.45. The van der Waals surface area contributed by atoms with Crippen LogP contribution in [0.3, 0.4) is 0 Å². The normalized spacial score (nSPS) is 20.9. The number of hydrogen-bond acceptors (Lipinski definition) is 7. The fraction of sp³-hybridized carbons (Fsp3) is 0.250. The molecule has 1 N–H and O–H groups in total. The zero-order chi connectivity index (χ0) is 25.9. The van der Waals surface area contributed by atoms with Crippen molar-refractivity contribution in [3.05, 3.63) is 105 Å². The zero-order valence-electron chi connectivity index (χ0n) is 21.0. The molecule has 5 rings (SSSR count). The summed E-state index contributed by atoms with van der Waals surface area (Å²) in [4.78, 5) is 41.7. The summed E-state index contributed by atoms with van der Waals surface area (Å²) in [6.07, 6.45) is -1.74. The van der Waals surface area contributed by atoms with Crippen molar-refractivity contribution >= 4 is 40.9 Å². The molecule has 1 aromatic heterocycles. The van der Waals surface area contributed by atoms with Crippen molar-refractivity contribution in [2.75, 3.05) is 0 Å². The molecule has 10 heteroatoms. The first kappa shape index (κ1) is 28.2. The minimum absolute atomic E-state index is 0. The number of β-lactam (4-membered cyclic amide) rings is 1. The van der Waals surface area contributed by atoms with E-state index in [0.29, 0.717) is 0 Å². The van der Waals surface area contributed by atoms with Crippen LogP contribution in [0.1, 0.15) is 29.0 Å². The number of amides is 2. The van der Waals surface area contributed by atoms with Gasteiger partial charge in [0.15, 0.2) is 12.1 Å². The average molecular weight is 541 g/mol. The summed E-state index contributed by atoms with van der Waals surface area (Å²) in [5.41, 5.74) is 1.83. The largest absolute Gasteiger partial charge is 1.00 e. The third-order valence-corrected chi connectivity index (χ3v) is 8.44. The predicted octanol–water partition coefficient (Wildman–Crippen LogP) is 0.0286. The molecule has 2 unspecified atom stereocenters. The smallest absolute Gasteiger partial charge is 0.849 e. The maximum absolute atomic E-state index is 13.7. The minimum Gasteiger partial charge on any atom is -0.849 e. The van der Waals surface area contributed by atoms with E-state index in [-0.39, 0.29) is 36.8 Å². The van der Waals surface area contributed by atoms with E-state index in [9.17, 15) is 19.5 Å². The van der Waals surface area contributed by atoms with E-state index in [1.165, 1.54) is 34.9 Å². The van der Waals surface area contributed by atoms with Crippen LogP contribution in [0, 0.1) is 0 Å². The molecule has 2 aromatic carbocycles. The maximum Gasteiger partial charge on any atom is 1.00 e. The Labute approximate surface area is 241 Å². The summed E-state index contributed by atoms with van der Waals surface area (Å²) in [5.74, 6) is -1.34. The Bertz CT molecular complexity index is 1260. The van der Waals surface area contributed by atoms with Gasteiger partial charge in [0, 0.05) is 4.88 Å². The van der Waals surface area contributed by atoms with Crippen molar-refractivity contribution in [3.63, 3.8) is 0 Å². The van der Waals surface area contributed by atoms with Crippen molar-refractivity contribution < 1.29 is 43.1 Å². The van der Waals surface area contributed by atoms with E-state index < -0.39 is 41.5 Å². The van der Waals surface area contributed by atoms with Crippen LogP contribution in [-0.2, 0) is 25.5 Å². The van der Waals surface area contributed by atoms with Gasteiger partial charge in [-0.2, -0.15) is 0 Å². The van der Waals surface area contributed by atoms with Crippen LogP contribution in [0.5, 0.6) is 0 Å². The molecule has 2 aliphatic heterocycles. The SMILES string of the molecule is CC([O-])C1=CS[C@H]2[C@H](NC(=O)Cc3cccs3)C(=O)N2C1C(=O)OC(c1ccccc1)c1ccccc1.[Li+]. The summed E-state index contributed by atoms with van der Waals surface area (Å²) in [7, 11) is 0. The van der Waals surface area contributed by atoms with Gasteiger partial charge in [0.25, 0.3) is 0 Å². The molecule has 3 aromatic rings. The van der Waals surface area contributed by atoms with Gasteiger partial charge in [0.2, 0.25) is 11.8 Å². The summed E-state index contributed by atoms with van der Waals surface area (Å²) in [5, 5.41) is 18.4. The van der Waals surface area contributed by atoms with Crippen LogP contribution in [0.4, 0.5) is 0 Å². The molecular weight excluding hydrogens is 515 g/mol. The number of fused-ring (bicyclic) bond motifs is 1. The number of nitrogens with one attached hydrogen (secondary N) is 1. The minimum atomic E-state index is -1.21. The Kier molecular flexibility index (Phi) is 9.18. The molecular formula is C28H25LiN2O5S2. The van der Waals surface area contributed by atoms with E-state index >= 15 is 0 Å². The molecule has 2 aliphatic rings. The summed E-state index contributed by atoms with van der Waals surface area (Å²) >= 11 is 2.74. The summed E-state index contributed by atoms with van der Waals surface area (Å²) in [6, 6.07) is 20.5.